The molecule has 1 fully saturated rings. The molecule has 1 saturated heterocycles. The van der Waals surface area contributed by atoms with E-state index >= 15 is 0 Å². The Morgan fingerprint density at radius 2 is 1.85 bits per heavy atom. The summed E-state index contributed by atoms with van der Waals surface area (Å²) in [5, 5.41) is 18.3. The molecule has 2 aromatic heterocycles. The molecule has 1 N–H and O–H groups in total. The first-order valence-electron chi connectivity index (χ1n) is 17.8. The van der Waals surface area contributed by atoms with Crippen LogP contribution < -0.4 is 4.74 Å². The van der Waals surface area contributed by atoms with Crippen molar-refractivity contribution in [3.63, 3.8) is 0 Å². The number of hydrogen-bond acceptors (Lipinski definition) is 7. The van der Waals surface area contributed by atoms with Gasteiger partial charge in [0.05, 0.1) is 48.4 Å². The molecular weight excluding hydrogens is 709 g/mol. The fourth-order valence-corrected chi connectivity index (χ4v) is 9.43. The van der Waals surface area contributed by atoms with E-state index in [1.807, 2.05) is 38.2 Å². The van der Waals surface area contributed by atoms with E-state index in [9.17, 15) is 22.7 Å². The van der Waals surface area contributed by atoms with E-state index in [0.717, 1.165) is 40.5 Å². The molecule has 0 radical (unpaired) electrons. The molecule has 0 aliphatic carbocycles. The van der Waals surface area contributed by atoms with Gasteiger partial charge in [-0.2, -0.15) is 9.40 Å². The van der Waals surface area contributed by atoms with Crippen molar-refractivity contribution in [1.29, 1.82) is 0 Å². The molecule has 0 unspecified atom stereocenters. The van der Waals surface area contributed by atoms with E-state index in [1.165, 1.54) is 16.4 Å². The number of benzene rings is 3. The first kappa shape index (κ1) is 36.4. The molecule has 2 aliphatic heterocycles. The highest BCUT2D eigenvalue weighted by atomic mass is 35.5. The van der Waals surface area contributed by atoms with Crippen molar-refractivity contribution in [2.24, 2.45) is 7.05 Å². The number of hydrogen-bond donors (Lipinski definition) is 1. The predicted molar refractivity (Wildman–Crippen MR) is 199 cm³/mol. The lowest BCUT2D eigenvalue weighted by molar-refractivity contribution is 0.0361. The molecule has 0 spiro atoms. The summed E-state index contributed by atoms with van der Waals surface area (Å²) < 4.78 is 58.6. The van der Waals surface area contributed by atoms with Crippen LogP contribution in [-0.2, 0) is 47.7 Å². The number of fused-ring (bicyclic) bond motifs is 3. The maximum Gasteiger partial charge on any atom is 0.352 e. The van der Waals surface area contributed by atoms with Crippen LogP contribution in [0.2, 0.25) is 5.02 Å². The van der Waals surface area contributed by atoms with Crippen LogP contribution in [-0.4, -0.2) is 94.8 Å². The van der Waals surface area contributed by atoms with Gasteiger partial charge in [-0.15, -0.1) is 0 Å². The monoisotopic (exact) mass is 751 g/mol. The summed E-state index contributed by atoms with van der Waals surface area (Å²) in [6.07, 6.45) is 1.70. The second-order valence-corrected chi connectivity index (χ2v) is 15.9. The average molecular weight is 752 g/mol. The van der Waals surface area contributed by atoms with Crippen molar-refractivity contribution in [2.45, 2.75) is 45.7 Å². The maximum atomic E-state index is 14.0. The molecule has 5 aromatic rings. The lowest BCUT2D eigenvalue weighted by atomic mass is 9.97. The van der Waals surface area contributed by atoms with E-state index in [2.05, 4.69) is 4.90 Å². The van der Waals surface area contributed by atoms with Crippen LogP contribution >= 0.6 is 11.6 Å². The molecule has 7 rings (SSSR count). The van der Waals surface area contributed by atoms with Gasteiger partial charge in [0.25, 0.3) is 0 Å². The Labute approximate surface area is 307 Å². The van der Waals surface area contributed by atoms with Crippen LogP contribution in [0.25, 0.3) is 32.8 Å². The lowest BCUT2D eigenvalue weighted by Gasteiger charge is -2.29. The molecule has 0 atom stereocenters. The lowest BCUT2D eigenvalue weighted by Crippen LogP contribution is -2.43. The van der Waals surface area contributed by atoms with Crippen molar-refractivity contribution >= 4 is 49.3 Å². The summed E-state index contributed by atoms with van der Waals surface area (Å²) in [4.78, 5) is 15.4. The van der Waals surface area contributed by atoms with Gasteiger partial charge in [0.15, 0.2) is 0 Å². The van der Waals surface area contributed by atoms with Crippen molar-refractivity contribution in [2.75, 3.05) is 51.8 Å². The van der Waals surface area contributed by atoms with E-state index in [0.29, 0.717) is 85.3 Å². The number of morpholine rings is 1. The minimum absolute atomic E-state index is 0.0695. The van der Waals surface area contributed by atoms with Crippen LogP contribution in [0.3, 0.4) is 0 Å². The first-order valence-corrected chi connectivity index (χ1v) is 19.8. The molecule has 0 bridgehead atoms. The normalized spacial score (nSPS) is 16.9. The zero-order valence-electron chi connectivity index (χ0n) is 29.4. The Bertz CT molecular complexity index is 2250. The standard InChI is InChI=1S/C38H43ClFN5O6S/c1-3-32-35-31(41-42(32)2)24-44(16-15-43-17-20-50-21-18-43)52(48,49)22-6-14-45-36-29(12-13-30(39)34(35)36)28(37(45)38(46)47)8-5-19-51-33-9-4-7-25-23-26(40)10-11-27(25)33/h4,7,9-13,23H,3,5-6,8,14-22,24H2,1-2H3,(H,46,47). The third-order valence-electron chi connectivity index (χ3n) is 10.2. The van der Waals surface area contributed by atoms with Crippen LogP contribution in [0, 0.1) is 5.82 Å². The van der Waals surface area contributed by atoms with Crippen LogP contribution in [0.15, 0.2) is 48.5 Å². The highest BCUT2D eigenvalue weighted by Crippen LogP contribution is 2.43. The molecule has 52 heavy (non-hydrogen) atoms. The highest BCUT2D eigenvalue weighted by molar-refractivity contribution is 7.89. The Morgan fingerprint density at radius 1 is 1.06 bits per heavy atom. The summed E-state index contributed by atoms with van der Waals surface area (Å²) in [5.74, 6) is -0.947. The Morgan fingerprint density at radius 3 is 2.62 bits per heavy atom. The van der Waals surface area contributed by atoms with Crippen LogP contribution in [0.5, 0.6) is 5.75 Å². The summed E-state index contributed by atoms with van der Waals surface area (Å²) >= 11 is 7.09. The largest absolute Gasteiger partial charge is 0.493 e. The second-order valence-electron chi connectivity index (χ2n) is 13.4. The zero-order chi connectivity index (χ0) is 36.6. The van der Waals surface area contributed by atoms with E-state index < -0.39 is 16.0 Å². The summed E-state index contributed by atoms with van der Waals surface area (Å²) in [7, 11) is -1.91. The molecule has 276 valence electrons. The number of halogens is 2. The smallest absolute Gasteiger partial charge is 0.352 e. The van der Waals surface area contributed by atoms with Gasteiger partial charge in [-0.05, 0) is 67.0 Å². The van der Waals surface area contributed by atoms with Crippen LogP contribution in [0.4, 0.5) is 4.39 Å². The number of rotatable bonds is 10. The number of aromatic carboxylic acids is 1. The third kappa shape index (κ3) is 7.04. The minimum atomic E-state index is -3.75. The number of nitrogens with zero attached hydrogens (tertiary/aromatic N) is 5. The van der Waals surface area contributed by atoms with Gasteiger partial charge >= 0.3 is 5.97 Å². The average Bonchev–Trinajstić information content (AvgIpc) is 3.60. The molecule has 3 aromatic carbocycles. The van der Waals surface area contributed by atoms with Crippen molar-refractivity contribution in [3.8, 4) is 16.9 Å². The van der Waals surface area contributed by atoms with Gasteiger partial charge in [0, 0.05) is 67.4 Å². The Kier molecular flexibility index (Phi) is 10.6. The van der Waals surface area contributed by atoms with E-state index in [4.69, 9.17) is 26.2 Å². The summed E-state index contributed by atoms with van der Waals surface area (Å²) in [6.45, 7) is 6.14. The topological polar surface area (TPSA) is 119 Å². The fourth-order valence-electron chi connectivity index (χ4n) is 7.75. The van der Waals surface area contributed by atoms with Gasteiger partial charge in [-0.25, -0.2) is 17.6 Å². The van der Waals surface area contributed by atoms with Gasteiger partial charge in [0.1, 0.15) is 17.3 Å². The van der Waals surface area contributed by atoms with Gasteiger partial charge < -0.3 is 19.1 Å². The van der Waals surface area contributed by atoms with Gasteiger partial charge in [0.2, 0.25) is 10.0 Å². The summed E-state index contributed by atoms with van der Waals surface area (Å²) in [5.41, 5.74) is 4.29. The summed E-state index contributed by atoms with van der Waals surface area (Å²) in [6, 6.07) is 13.7. The zero-order valence-corrected chi connectivity index (χ0v) is 31.0. The molecule has 14 heteroatoms. The van der Waals surface area contributed by atoms with Gasteiger partial charge in [-0.1, -0.05) is 36.7 Å². The molecule has 0 saturated carbocycles. The van der Waals surface area contributed by atoms with Crippen molar-refractivity contribution in [3.05, 3.63) is 82.0 Å². The minimum Gasteiger partial charge on any atom is -0.493 e. The number of carbonyl (C=O) groups is 1. The number of sulfonamides is 1. The van der Waals surface area contributed by atoms with Crippen molar-refractivity contribution in [1.82, 2.24) is 23.6 Å². The van der Waals surface area contributed by atoms with Crippen molar-refractivity contribution < 1.29 is 32.2 Å². The third-order valence-corrected chi connectivity index (χ3v) is 12.4. The van der Waals surface area contributed by atoms with Gasteiger partial charge in [-0.3, -0.25) is 9.58 Å². The molecular formula is C38H43ClFN5O6S. The highest BCUT2D eigenvalue weighted by Gasteiger charge is 2.33. The van der Waals surface area contributed by atoms with E-state index in [1.54, 1.807) is 21.4 Å². The molecule has 4 heterocycles. The predicted octanol–water partition coefficient (Wildman–Crippen LogP) is 6.13. The Hall–Kier alpha value is -4.01. The number of ether oxygens (including phenoxy) is 2. The molecule has 2 aliphatic rings. The molecule has 0 amide bonds. The number of aryl methyl sites for hydroxylation is 3. The van der Waals surface area contributed by atoms with Crippen LogP contribution in [0.1, 0.15) is 47.2 Å². The number of aromatic nitrogens is 3. The maximum absolute atomic E-state index is 14.0. The Balaban J connectivity index is 1.28. The SMILES string of the molecule is CCc1c2c(nn1C)CN(CCN1CCOCC1)S(=O)(=O)CCCn1c(C(=O)O)c(CCCOc3cccc4cc(F)ccc34)c3ccc(Cl)c-2c31. The first-order chi connectivity index (χ1) is 25.1. The quantitative estimate of drug-likeness (QED) is 0.170. The number of carboxylic acid groups (broad SMARTS) is 1. The fraction of sp³-hybridized carbons (Fsp3) is 0.421. The second kappa shape index (κ2) is 15.2. The molecule has 11 nitrogen and oxygen atoms in total. The van der Waals surface area contributed by atoms with E-state index in [-0.39, 0.29) is 36.8 Å². The number of carboxylic acids is 1.